The van der Waals surface area contributed by atoms with E-state index in [0.29, 0.717) is 5.56 Å². The highest BCUT2D eigenvalue weighted by Gasteiger charge is 2.31. The van der Waals surface area contributed by atoms with Gasteiger partial charge in [-0.3, -0.25) is 14.4 Å². The van der Waals surface area contributed by atoms with Gasteiger partial charge in [-0.1, -0.05) is 32.0 Å². The number of aromatic amines is 1. The van der Waals surface area contributed by atoms with Crippen molar-refractivity contribution in [1.82, 2.24) is 20.9 Å². The van der Waals surface area contributed by atoms with Crippen molar-refractivity contribution in [3.05, 3.63) is 36.0 Å². The highest BCUT2D eigenvalue weighted by atomic mass is 16.4. The third-order valence-electron chi connectivity index (χ3n) is 5.40. The van der Waals surface area contributed by atoms with Crippen molar-refractivity contribution < 1.29 is 34.5 Å². The zero-order valence-corrected chi connectivity index (χ0v) is 19.7. The zero-order chi connectivity index (χ0) is 26.1. The van der Waals surface area contributed by atoms with Crippen LogP contribution in [0.3, 0.4) is 0 Å². The Morgan fingerprint density at radius 3 is 2.11 bits per heavy atom. The van der Waals surface area contributed by atoms with Crippen molar-refractivity contribution in [2.45, 2.75) is 50.9 Å². The molecule has 35 heavy (non-hydrogen) atoms. The fourth-order valence-electron chi connectivity index (χ4n) is 3.52. The van der Waals surface area contributed by atoms with Crippen molar-refractivity contribution in [2.24, 2.45) is 11.7 Å². The molecule has 2 aromatic rings. The number of carboxylic acids is 1. The minimum Gasteiger partial charge on any atom is -0.480 e. The number of carbonyl (C=O) groups excluding carboxylic acids is 3. The van der Waals surface area contributed by atoms with Crippen LogP contribution < -0.4 is 21.7 Å². The summed E-state index contributed by atoms with van der Waals surface area (Å²) in [6.45, 7) is 2.18. The Hall–Kier alpha value is -3.48. The molecule has 1 aromatic heterocycles. The lowest BCUT2D eigenvalue weighted by Gasteiger charge is -2.24. The lowest BCUT2D eigenvalue weighted by atomic mass is 10.0. The van der Waals surface area contributed by atoms with Crippen LogP contribution in [0.25, 0.3) is 10.9 Å². The number of aromatic nitrogens is 1. The average molecular weight is 492 g/mol. The molecule has 0 saturated carbocycles. The number of nitrogens with one attached hydrogen (secondary N) is 4. The Morgan fingerprint density at radius 1 is 0.914 bits per heavy atom. The van der Waals surface area contributed by atoms with E-state index in [-0.39, 0.29) is 18.8 Å². The van der Waals surface area contributed by atoms with Gasteiger partial charge in [0.15, 0.2) is 0 Å². The van der Waals surface area contributed by atoms with E-state index >= 15 is 0 Å². The monoisotopic (exact) mass is 491 g/mol. The molecule has 4 unspecified atom stereocenters. The second-order valence-electron chi connectivity index (χ2n) is 8.69. The number of H-pyrrole nitrogens is 1. The summed E-state index contributed by atoms with van der Waals surface area (Å²) in [7, 11) is 0. The first kappa shape index (κ1) is 27.8. The molecule has 3 amide bonds. The van der Waals surface area contributed by atoms with Gasteiger partial charge in [0.05, 0.1) is 13.2 Å². The van der Waals surface area contributed by atoms with Crippen LogP contribution in [0.15, 0.2) is 30.5 Å². The Balaban J connectivity index is 2.27. The summed E-state index contributed by atoms with van der Waals surface area (Å²) in [6.07, 6.45) is 1.88. The predicted octanol–water partition coefficient (Wildman–Crippen LogP) is -1.39. The Labute approximate surface area is 202 Å². The molecule has 0 saturated heterocycles. The first-order valence-corrected chi connectivity index (χ1v) is 11.2. The highest BCUT2D eigenvalue weighted by Crippen LogP contribution is 2.19. The Bertz CT molecular complexity index is 1040. The van der Waals surface area contributed by atoms with Crippen molar-refractivity contribution >= 4 is 34.6 Å². The van der Waals surface area contributed by atoms with Crippen molar-refractivity contribution in [3.63, 3.8) is 0 Å². The summed E-state index contributed by atoms with van der Waals surface area (Å²) in [5.74, 6) is -3.68. The molecule has 0 aliphatic carbocycles. The summed E-state index contributed by atoms with van der Waals surface area (Å²) in [5, 5.41) is 36.1. The van der Waals surface area contributed by atoms with Gasteiger partial charge >= 0.3 is 5.97 Å². The number of carboxylic acid groups (broad SMARTS) is 1. The van der Waals surface area contributed by atoms with Crippen LogP contribution in [0, 0.1) is 5.92 Å². The second-order valence-corrected chi connectivity index (χ2v) is 8.69. The maximum absolute atomic E-state index is 13.1. The molecular formula is C23H33N5O7. The van der Waals surface area contributed by atoms with Gasteiger partial charge in [-0.15, -0.1) is 0 Å². The molecule has 2 rings (SSSR count). The molecule has 0 bridgehead atoms. The van der Waals surface area contributed by atoms with Crippen LogP contribution in [0.1, 0.15) is 25.8 Å². The van der Waals surface area contributed by atoms with Gasteiger partial charge in [0.25, 0.3) is 0 Å². The smallest absolute Gasteiger partial charge is 0.326 e. The minimum absolute atomic E-state index is 0.0113. The fourth-order valence-corrected chi connectivity index (χ4v) is 3.52. The first-order chi connectivity index (χ1) is 16.6. The minimum atomic E-state index is -1.44. The molecule has 12 heteroatoms. The van der Waals surface area contributed by atoms with Crippen molar-refractivity contribution in [3.8, 4) is 0 Å². The van der Waals surface area contributed by atoms with Gasteiger partial charge in [0, 0.05) is 23.5 Å². The second kappa shape index (κ2) is 12.8. The first-order valence-electron chi connectivity index (χ1n) is 11.2. The summed E-state index contributed by atoms with van der Waals surface area (Å²) in [6, 6.07) is 2.22. The van der Waals surface area contributed by atoms with Crippen LogP contribution in [0.4, 0.5) is 0 Å². The molecule has 0 radical (unpaired) electrons. The SMILES string of the molecule is CC(C)CC(NC(=O)C(Cc1c[nH]c2ccccc12)NC(=O)C(CO)NC(=O)C(N)CO)C(=O)O. The summed E-state index contributed by atoms with van der Waals surface area (Å²) in [5.41, 5.74) is 6.95. The maximum atomic E-state index is 13.1. The number of hydrogen-bond acceptors (Lipinski definition) is 7. The number of amides is 3. The third-order valence-corrected chi connectivity index (χ3v) is 5.40. The molecular weight excluding hydrogens is 458 g/mol. The van der Waals surface area contributed by atoms with Crippen LogP contribution in [0.2, 0.25) is 0 Å². The van der Waals surface area contributed by atoms with Crippen LogP contribution in [-0.2, 0) is 25.6 Å². The number of carbonyl (C=O) groups is 4. The topological polar surface area (TPSA) is 207 Å². The number of aliphatic carboxylic acids is 1. The molecule has 0 fully saturated rings. The van der Waals surface area contributed by atoms with Crippen molar-refractivity contribution in [2.75, 3.05) is 13.2 Å². The summed E-state index contributed by atoms with van der Waals surface area (Å²) in [4.78, 5) is 52.6. The molecule has 0 aliphatic rings. The number of hydrogen-bond donors (Lipinski definition) is 8. The van der Waals surface area contributed by atoms with E-state index in [0.717, 1.165) is 10.9 Å². The number of aliphatic hydroxyl groups is 2. The zero-order valence-electron chi connectivity index (χ0n) is 19.7. The van der Waals surface area contributed by atoms with Crippen LogP contribution >= 0.6 is 0 Å². The van der Waals surface area contributed by atoms with Gasteiger partial charge in [-0.2, -0.15) is 0 Å². The standard InChI is InChI=1S/C23H33N5O7/c1-12(2)7-18(23(34)35)27-21(32)17(8-13-9-25-16-6-4-3-5-14(13)16)26-22(33)19(11-30)28-20(31)15(24)10-29/h3-6,9,12,15,17-19,25,29-30H,7-8,10-11,24H2,1-2H3,(H,26,33)(H,27,32)(H,28,31)(H,34,35). The largest absolute Gasteiger partial charge is 0.480 e. The van der Waals surface area contributed by atoms with E-state index in [9.17, 15) is 29.4 Å². The number of fused-ring (bicyclic) bond motifs is 1. The molecule has 4 atom stereocenters. The summed E-state index contributed by atoms with van der Waals surface area (Å²) < 4.78 is 0. The normalized spacial score (nSPS) is 14.7. The lowest BCUT2D eigenvalue weighted by Crippen LogP contribution is -2.58. The van der Waals surface area contributed by atoms with Gasteiger partial charge in [-0.05, 0) is 24.0 Å². The van der Waals surface area contributed by atoms with E-state index in [4.69, 9.17) is 10.8 Å². The fraction of sp³-hybridized carbons (Fsp3) is 0.478. The van der Waals surface area contributed by atoms with Gasteiger partial charge in [0.2, 0.25) is 17.7 Å². The molecule has 192 valence electrons. The van der Waals surface area contributed by atoms with Gasteiger partial charge < -0.3 is 42.0 Å². The van der Waals surface area contributed by atoms with Crippen molar-refractivity contribution in [1.29, 1.82) is 0 Å². The Kier molecular flexibility index (Phi) is 10.2. The number of aliphatic hydroxyl groups excluding tert-OH is 2. The number of para-hydroxylation sites is 1. The molecule has 1 aromatic carbocycles. The number of nitrogens with two attached hydrogens (primary N) is 1. The summed E-state index contributed by atoms with van der Waals surface area (Å²) >= 11 is 0. The molecule has 9 N–H and O–H groups in total. The van der Waals surface area contributed by atoms with Crippen LogP contribution in [-0.4, -0.2) is 81.4 Å². The Morgan fingerprint density at radius 2 is 1.51 bits per heavy atom. The quantitative estimate of drug-likeness (QED) is 0.167. The van der Waals surface area contributed by atoms with Gasteiger partial charge in [0.1, 0.15) is 24.2 Å². The average Bonchev–Trinajstić information content (AvgIpc) is 3.23. The molecule has 1 heterocycles. The van der Waals surface area contributed by atoms with E-state index in [2.05, 4.69) is 20.9 Å². The molecule has 0 spiro atoms. The molecule has 0 aliphatic heterocycles. The van der Waals surface area contributed by atoms with E-state index in [1.54, 1.807) is 6.20 Å². The maximum Gasteiger partial charge on any atom is 0.326 e. The third kappa shape index (κ3) is 7.77. The number of rotatable bonds is 13. The predicted molar refractivity (Wildman–Crippen MR) is 127 cm³/mol. The van der Waals surface area contributed by atoms with Crippen LogP contribution in [0.5, 0.6) is 0 Å². The van der Waals surface area contributed by atoms with E-state index in [1.807, 2.05) is 38.1 Å². The van der Waals surface area contributed by atoms with Gasteiger partial charge in [-0.25, -0.2) is 4.79 Å². The lowest BCUT2D eigenvalue weighted by molar-refractivity contribution is -0.142. The molecule has 12 nitrogen and oxygen atoms in total. The number of benzene rings is 1. The highest BCUT2D eigenvalue weighted by molar-refractivity contribution is 5.95. The van der Waals surface area contributed by atoms with E-state index in [1.165, 1.54) is 0 Å². The van der Waals surface area contributed by atoms with E-state index < -0.39 is 61.1 Å².